The molecule has 0 bridgehead atoms. The van der Waals surface area contributed by atoms with Crippen molar-refractivity contribution in [3.63, 3.8) is 0 Å². The fourth-order valence-electron chi connectivity index (χ4n) is 1.56. The van der Waals surface area contributed by atoms with Crippen LogP contribution < -0.4 is 0 Å². The molecule has 0 aliphatic rings. The van der Waals surface area contributed by atoms with Gasteiger partial charge in [0.1, 0.15) is 5.15 Å². The van der Waals surface area contributed by atoms with Gasteiger partial charge in [-0.15, -0.1) is 0 Å². The first-order valence-corrected chi connectivity index (χ1v) is 6.17. The average Bonchev–Trinajstić information content (AvgIpc) is 2.59. The molecule has 5 heteroatoms. The highest BCUT2D eigenvalue weighted by Crippen LogP contribution is 2.24. The Hall–Kier alpha value is -1.31. The molecular formula is C12H9BrClN3. The van der Waals surface area contributed by atoms with Crippen molar-refractivity contribution in [2.75, 3.05) is 0 Å². The lowest BCUT2D eigenvalue weighted by Gasteiger charge is -2.03. The smallest absolute Gasteiger partial charge is 0.137 e. The lowest BCUT2D eigenvalue weighted by Crippen LogP contribution is -1.96. The van der Waals surface area contributed by atoms with E-state index in [1.54, 1.807) is 4.68 Å². The van der Waals surface area contributed by atoms with Crippen molar-refractivity contribution in [3.8, 4) is 11.8 Å². The third-order valence-electron chi connectivity index (χ3n) is 2.45. The van der Waals surface area contributed by atoms with Gasteiger partial charge < -0.3 is 0 Å². The van der Waals surface area contributed by atoms with Crippen molar-refractivity contribution in [1.29, 1.82) is 5.26 Å². The van der Waals surface area contributed by atoms with Gasteiger partial charge in [-0.3, -0.25) is 0 Å². The largest absolute Gasteiger partial charge is 0.222 e. The van der Waals surface area contributed by atoms with Gasteiger partial charge in [0.15, 0.2) is 0 Å². The molecule has 1 aromatic heterocycles. The standard InChI is InChI=1S/C12H9BrClN3/c1-8-11(6-7-15)12(14)17(16-8)10-4-2-9(13)3-5-10/h2-5H,6H2,1H3. The highest BCUT2D eigenvalue weighted by Gasteiger charge is 2.13. The third-order valence-corrected chi connectivity index (χ3v) is 3.37. The summed E-state index contributed by atoms with van der Waals surface area (Å²) in [5, 5.41) is 13.6. The van der Waals surface area contributed by atoms with Crippen LogP contribution in [0.5, 0.6) is 0 Å². The number of benzene rings is 1. The van der Waals surface area contributed by atoms with Gasteiger partial charge in [0.05, 0.1) is 23.9 Å². The van der Waals surface area contributed by atoms with E-state index in [0.29, 0.717) is 5.15 Å². The van der Waals surface area contributed by atoms with Crippen LogP contribution in [0.1, 0.15) is 11.3 Å². The van der Waals surface area contributed by atoms with Crippen molar-refractivity contribution < 1.29 is 0 Å². The van der Waals surface area contributed by atoms with Crippen LogP contribution in [0.15, 0.2) is 28.7 Å². The van der Waals surface area contributed by atoms with Crippen molar-refractivity contribution >= 4 is 27.5 Å². The highest BCUT2D eigenvalue weighted by molar-refractivity contribution is 9.10. The number of hydrogen-bond acceptors (Lipinski definition) is 2. The van der Waals surface area contributed by atoms with Gasteiger partial charge in [0, 0.05) is 10.0 Å². The van der Waals surface area contributed by atoms with Gasteiger partial charge in [-0.05, 0) is 31.2 Å². The third kappa shape index (κ3) is 2.36. The fourth-order valence-corrected chi connectivity index (χ4v) is 2.17. The minimum atomic E-state index is 0.279. The minimum Gasteiger partial charge on any atom is -0.222 e. The Morgan fingerprint density at radius 2 is 2.06 bits per heavy atom. The van der Waals surface area contributed by atoms with Crippen LogP contribution in [0.2, 0.25) is 5.15 Å². The molecule has 0 N–H and O–H groups in total. The lowest BCUT2D eigenvalue weighted by atomic mass is 10.2. The van der Waals surface area contributed by atoms with Gasteiger partial charge in [-0.1, -0.05) is 27.5 Å². The van der Waals surface area contributed by atoms with Crippen LogP contribution >= 0.6 is 27.5 Å². The highest BCUT2D eigenvalue weighted by atomic mass is 79.9. The first kappa shape index (κ1) is 12.2. The SMILES string of the molecule is Cc1nn(-c2ccc(Br)cc2)c(Cl)c1CC#N. The Morgan fingerprint density at radius 3 is 2.65 bits per heavy atom. The molecule has 0 saturated carbocycles. The Morgan fingerprint density at radius 1 is 1.41 bits per heavy atom. The molecule has 0 amide bonds. The van der Waals surface area contributed by atoms with Gasteiger partial charge in [0.2, 0.25) is 0 Å². The van der Waals surface area contributed by atoms with Gasteiger partial charge in [0.25, 0.3) is 0 Å². The predicted molar refractivity (Wildman–Crippen MR) is 70.3 cm³/mol. The van der Waals surface area contributed by atoms with E-state index in [2.05, 4.69) is 27.1 Å². The summed E-state index contributed by atoms with van der Waals surface area (Å²) in [5.41, 5.74) is 2.46. The van der Waals surface area contributed by atoms with Crippen LogP contribution in [0.25, 0.3) is 5.69 Å². The second kappa shape index (κ2) is 4.91. The second-order valence-electron chi connectivity index (χ2n) is 3.58. The summed E-state index contributed by atoms with van der Waals surface area (Å²) in [6.07, 6.45) is 0.279. The molecule has 3 nitrogen and oxygen atoms in total. The lowest BCUT2D eigenvalue weighted by molar-refractivity contribution is 0.863. The zero-order valence-electron chi connectivity index (χ0n) is 9.11. The zero-order valence-corrected chi connectivity index (χ0v) is 11.5. The Kier molecular flexibility index (Phi) is 3.51. The summed E-state index contributed by atoms with van der Waals surface area (Å²) in [6.45, 7) is 1.86. The normalized spacial score (nSPS) is 10.2. The number of nitrogens with zero attached hydrogens (tertiary/aromatic N) is 3. The van der Waals surface area contributed by atoms with E-state index in [1.807, 2.05) is 31.2 Å². The van der Waals surface area contributed by atoms with Crippen molar-refractivity contribution in [2.45, 2.75) is 13.3 Å². The molecule has 1 aromatic carbocycles. The fraction of sp³-hybridized carbons (Fsp3) is 0.167. The Balaban J connectivity index is 2.50. The van der Waals surface area contributed by atoms with Crippen LogP contribution in [-0.2, 0) is 6.42 Å². The average molecular weight is 311 g/mol. The maximum atomic E-state index is 8.73. The number of rotatable bonds is 2. The molecule has 86 valence electrons. The first-order valence-electron chi connectivity index (χ1n) is 5.00. The summed E-state index contributed by atoms with van der Waals surface area (Å²) in [6, 6.07) is 9.77. The van der Waals surface area contributed by atoms with Crippen LogP contribution in [-0.4, -0.2) is 9.78 Å². The number of aryl methyl sites for hydroxylation is 1. The van der Waals surface area contributed by atoms with E-state index in [-0.39, 0.29) is 6.42 Å². The molecule has 0 fully saturated rings. The van der Waals surface area contributed by atoms with Crippen LogP contribution in [0, 0.1) is 18.3 Å². The predicted octanol–water partition coefficient (Wildman–Crippen LogP) is 3.66. The summed E-state index contributed by atoms with van der Waals surface area (Å²) < 4.78 is 2.65. The number of nitriles is 1. The van der Waals surface area contributed by atoms with Crippen molar-refractivity contribution in [1.82, 2.24) is 9.78 Å². The van der Waals surface area contributed by atoms with E-state index < -0.39 is 0 Å². The maximum absolute atomic E-state index is 8.73. The quantitative estimate of drug-likeness (QED) is 0.849. The molecular weight excluding hydrogens is 302 g/mol. The molecule has 0 saturated heterocycles. The minimum absolute atomic E-state index is 0.279. The Bertz CT molecular complexity index is 581. The van der Waals surface area contributed by atoms with Crippen LogP contribution in [0.3, 0.4) is 0 Å². The monoisotopic (exact) mass is 309 g/mol. The second-order valence-corrected chi connectivity index (χ2v) is 4.85. The van der Waals surface area contributed by atoms with Gasteiger partial charge >= 0.3 is 0 Å². The van der Waals surface area contributed by atoms with Gasteiger partial charge in [-0.2, -0.15) is 10.4 Å². The van der Waals surface area contributed by atoms with Crippen molar-refractivity contribution in [2.24, 2.45) is 0 Å². The number of hydrogen-bond donors (Lipinski definition) is 0. The molecule has 17 heavy (non-hydrogen) atoms. The molecule has 0 atom stereocenters. The summed E-state index contributed by atoms with van der Waals surface area (Å²) >= 11 is 9.60. The Labute approximate surface area is 113 Å². The van der Waals surface area contributed by atoms with Crippen LogP contribution in [0.4, 0.5) is 0 Å². The topological polar surface area (TPSA) is 41.6 Å². The number of halogens is 2. The van der Waals surface area contributed by atoms with E-state index in [0.717, 1.165) is 21.4 Å². The molecule has 1 heterocycles. The number of aromatic nitrogens is 2. The molecule has 0 unspecified atom stereocenters. The molecule has 0 aliphatic carbocycles. The molecule has 2 rings (SSSR count). The zero-order chi connectivity index (χ0) is 12.4. The summed E-state index contributed by atoms with van der Waals surface area (Å²) in [5.74, 6) is 0. The van der Waals surface area contributed by atoms with Gasteiger partial charge in [-0.25, -0.2) is 4.68 Å². The van der Waals surface area contributed by atoms with Crippen molar-refractivity contribution in [3.05, 3.63) is 45.1 Å². The molecule has 0 aliphatic heterocycles. The molecule has 0 spiro atoms. The molecule has 0 radical (unpaired) electrons. The first-order chi connectivity index (χ1) is 8.13. The maximum Gasteiger partial charge on any atom is 0.137 e. The molecule has 2 aromatic rings. The van der Waals surface area contributed by atoms with E-state index in [9.17, 15) is 0 Å². The van der Waals surface area contributed by atoms with E-state index >= 15 is 0 Å². The summed E-state index contributed by atoms with van der Waals surface area (Å²) in [7, 11) is 0. The summed E-state index contributed by atoms with van der Waals surface area (Å²) in [4.78, 5) is 0. The van der Waals surface area contributed by atoms with E-state index in [4.69, 9.17) is 16.9 Å². The van der Waals surface area contributed by atoms with E-state index in [1.165, 1.54) is 0 Å².